The van der Waals surface area contributed by atoms with Crippen LogP contribution in [-0.2, 0) is 0 Å². The summed E-state index contributed by atoms with van der Waals surface area (Å²) >= 11 is 0. The summed E-state index contributed by atoms with van der Waals surface area (Å²) in [6.45, 7) is -0.146. The molecule has 0 aromatic carbocycles. The highest BCUT2D eigenvalue weighted by Gasteiger charge is 2.17. The normalized spacial score (nSPS) is 33.0. The minimum Gasteiger partial charge on any atom is -0.328 e. The van der Waals surface area contributed by atoms with Gasteiger partial charge in [-0.25, -0.2) is 0 Å². The van der Waals surface area contributed by atoms with Crippen molar-refractivity contribution in [3.63, 3.8) is 0 Å². The van der Waals surface area contributed by atoms with E-state index in [9.17, 15) is 4.39 Å². The van der Waals surface area contributed by atoms with Crippen LogP contribution in [0.5, 0.6) is 0 Å². The molecule has 2 N–H and O–H groups in total. The van der Waals surface area contributed by atoms with Gasteiger partial charge in [0.2, 0.25) is 0 Å². The number of hydrogen-bond donors (Lipinski definition) is 1. The Hall–Kier alpha value is 0.180. The van der Waals surface area contributed by atoms with Crippen molar-refractivity contribution in [2.45, 2.75) is 31.7 Å². The summed E-state index contributed by atoms with van der Waals surface area (Å²) in [7, 11) is 0. The van der Waals surface area contributed by atoms with Gasteiger partial charge < -0.3 is 5.73 Å². The first-order valence-electron chi connectivity index (χ1n) is 3.64. The molecular weight excluding hydrogens is 153 g/mol. The van der Waals surface area contributed by atoms with Gasteiger partial charge in [0, 0.05) is 6.04 Å². The minimum absolute atomic E-state index is 0. The van der Waals surface area contributed by atoms with E-state index in [0.717, 1.165) is 25.7 Å². The third-order valence-corrected chi connectivity index (χ3v) is 2.11. The maximum atomic E-state index is 12.0. The van der Waals surface area contributed by atoms with E-state index in [2.05, 4.69) is 0 Å². The Labute approximate surface area is 67.6 Å². The maximum Gasteiger partial charge on any atom is 0.0922 e. The van der Waals surface area contributed by atoms with E-state index in [1.54, 1.807) is 0 Å². The molecule has 0 heterocycles. The lowest BCUT2D eigenvalue weighted by Gasteiger charge is -2.23. The van der Waals surface area contributed by atoms with E-state index in [0.29, 0.717) is 12.0 Å². The predicted octanol–water partition coefficient (Wildman–Crippen LogP) is 1.90. The van der Waals surface area contributed by atoms with Gasteiger partial charge in [-0.3, -0.25) is 4.39 Å². The van der Waals surface area contributed by atoms with Crippen molar-refractivity contribution in [3.8, 4) is 0 Å². The van der Waals surface area contributed by atoms with Crippen molar-refractivity contribution in [1.82, 2.24) is 0 Å². The molecule has 0 saturated heterocycles. The van der Waals surface area contributed by atoms with Crippen LogP contribution in [0.1, 0.15) is 25.7 Å². The van der Waals surface area contributed by atoms with E-state index in [1.165, 1.54) is 0 Å². The Morgan fingerprint density at radius 1 is 1.20 bits per heavy atom. The van der Waals surface area contributed by atoms with E-state index in [1.807, 2.05) is 0 Å². The minimum atomic E-state index is -0.146. The second kappa shape index (κ2) is 4.91. The second-order valence-corrected chi connectivity index (χ2v) is 2.94. The number of hydrogen-bond acceptors (Lipinski definition) is 1. The largest absolute Gasteiger partial charge is 0.328 e. The van der Waals surface area contributed by atoms with E-state index in [4.69, 9.17) is 5.73 Å². The topological polar surface area (TPSA) is 26.0 Å². The average molecular weight is 168 g/mol. The quantitative estimate of drug-likeness (QED) is 0.635. The predicted molar refractivity (Wildman–Crippen MR) is 43.2 cm³/mol. The van der Waals surface area contributed by atoms with Gasteiger partial charge in [-0.05, 0) is 31.6 Å². The lowest BCUT2D eigenvalue weighted by atomic mass is 9.87. The summed E-state index contributed by atoms with van der Waals surface area (Å²) in [4.78, 5) is 0. The summed E-state index contributed by atoms with van der Waals surface area (Å²) in [5.41, 5.74) is 5.63. The molecule has 1 fully saturated rings. The molecule has 1 nitrogen and oxygen atoms in total. The fraction of sp³-hybridized carbons (Fsp3) is 1.00. The van der Waals surface area contributed by atoms with Crippen LogP contribution in [-0.4, -0.2) is 12.7 Å². The molecular formula is C7H15ClFN. The first-order valence-corrected chi connectivity index (χ1v) is 3.64. The third kappa shape index (κ3) is 2.84. The summed E-state index contributed by atoms with van der Waals surface area (Å²) in [6, 6.07) is 0.354. The van der Waals surface area contributed by atoms with Gasteiger partial charge in [0.15, 0.2) is 0 Å². The number of alkyl halides is 1. The number of rotatable bonds is 1. The lowest BCUT2D eigenvalue weighted by molar-refractivity contribution is 0.264. The molecule has 0 atom stereocenters. The Kier molecular flexibility index (Phi) is 5.00. The Morgan fingerprint density at radius 3 is 2.10 bits per heavy atom. The standard InChI is InChI=1S/C7H14FN.ClH/c8-5-6-1-3-7(9)4-2-6;/h6-7H,1-5,9H2;1H. The molecule has 3 heteroatoms. The van der Waals surface area contributed by atoms with Gasteiger partial charge in [0.25, 0.3) is 0 Å². The first kappa shape index (κ1) is 10.2. The van der Waals surface area contributed by atoms with Crippen molar-refractivity contribution >= 4 is 12.4 Å². The fourth-order valence-corrected chi connectivity index (χ4v) is 1.34. The Morgan fingerprint density at radius 2 is 1.70 bits per heavy atom. The highest BCUT2D eigenvalue weighted by molar-refractivity contribution is 5.85. The van der Waals surface area contributed by atoms with Crippen molar-refractivity contribution in [1.29, 1.82) is 0 Å². The van der Waals surface area contributed by atoms with E-state index in [-0.39, 0.29) is 19.1 Å². The summed E-state index contributed by atoms with van der Waals surface area (Å²) < 4.78 is 12.0. The SMILES string of the molecule is Cl.NC1CCC(CF)CC1. The molecule has 0 radical (unpaired) electrons. The molecule has 0 spiro atoms. The molecule has 1 rings (SSSR count). The van der Waals surface area contributed by atoms with Crippen LogP contribution in [0.15, 0.2) is 0 Å². The lowest BCUT2D eigenvalue weighted by Crippen LogP contribution is -2.27. The monoisotopic (exact) mass is 167 g/mol. The zero-order valence-corrected chi connectivity index (χ0v) is 6.87. The van der Waals surface area contributed by atoms with Crippen LogP contribution in [0, 0.1) is 5.92 Å². The van der Waals surface area contributed by atoms with Crippen molar-refractivity contribution in [2.75, 3.05) is 6.67 Å². The van der Waals surface area contributed by atoms with Crippen LogP contribution in [0.3, 0.4) is 0 Å². The van der Waals surface area contributed by atoms with Gasteiger partial charge in [-0.2, -0.15) is 0 Å². The molecule has 1 saturated carbocycles. The van der Waals surface area contributed by atoms with Gasteiger partial charge in [0.05, 0.1) is 6.67 Å². The smallest absolute Gasteiger partial charge is 0.0922 e. The third-order valence-electron chi connectivity index (χ3n) is 2.11. The Bertz CT molecular complexity index is 81.7. The van der Waals surface area contributed by atoms with Crippen molar-refractivity contribution < 1.29 is 4.39 Å². The van der Waals surface area contributed by atoms with Gasteiger partial charge in [0.1, 0.15) is 0 Å². The van der Waals surface area contributed by atoms with Crippen LogP contribution >= 0.6 is 12.4 Å². The first-order chi connectivity index (χ1) is 4.33. The van der Waals surface area contributed by atoms with E-state index >= 15 is 0 Å². The zero-order chi connectivity index (χ0) is 6.69. The van der Waals surface area contributed by atoms with Crippen LogP contribution in [0.4, 0.5) is 4.39 Å². The zero-order valence-electron chi connectivity index (χ0n) is 6.05. The van der Waals surface area contributed by atoms with Gasteiger partial charge in [-0.15, -0.1) is 12.4 Å². The average Bonchev–Trinajstić information content (AvgIpc) is 1.90. The van der Waals surface area contributed by atoms with Crippen LogP contribution < -0.4 is 5.73 Å². The molecule has 0 aromatic heterocycles. The second-order valence-electron chi connectivity index (χ2n) is 2.94. The maximum absolute atomic E-state index is 12.0. The summed E-state index contributed by atoms with van der Waals surface area (Å²) in [5.74, 6) is 0.324. The summed E-state index contributed by atoms with van der Waals surface area (Å²) in [6.07, 6.45) is 4.04. The van der Waals surface area contributed by atoms with Crippen molar-refractivity contribution in [3.05, 3.63) is 0 Å². The van der Waals surface area contributed by atoms with Crippen LogP contribution in [0.25, 0.3) is 0 Å². The van der Waals surface area contributed by atoms with Gasteiger partial charge >= 0.3 is 0 Å². The highest BCUT2D eigenvalue weighted by Crippen LogP contribution is 2.22. The molecule has 0 bridgehead atoms. The molecule has 0 aliphatic heterocycles. The Balaban J connectivity index is 0.000000810. The molecule has 62 valence electrons. The number of halogens is 2. The van der Waals surface area contributed by atoms with Gasteiger partial charge in [-0.1, -0.05) is 0 Å². The molecule has 10 heavy (non-hydrogen) atoms. The molecule has 0 amide bonds. The molecule has 1 aliphatic rings. The number of nitrogens with two attached hydrogens (primary N) is 1. The van der Waals surface area contributed by atoms with Crippen LogP contribution in [0.2, 0.25) is 0 Å². The molecule has 0 unspecified atom stereocenters. The van der Waals surface area contributed by atoms with Crippen molar-refractivity contribution in [2.24, 2.45) is 11.7 Å². The fourth-order valence-electron chi connectivity index (χ4n) is 1.34. The molecule has 1 aliphatic carbocycles. The van der Waals surface area contributed by atoms with E-state index < -0.39 is 0 Å². The summed E-state index contributed by atoms with van der Waals surface area (Å²) in [5, 5.41) is 0. The molecule has 0 aromatic rings. The highest BCUT2D eigenvalue weighted by atomic mass is 35.5.